The van der Waals surface area contributed by atoms with E-state index in [0.29, 0.717) is 12.2 Å². The molecule has 0 spiro atoms. The fourth-order valence-corrected chi connectivity index (χ4v) is 2.08. The monoisotopic (exact) mass is 269 g/mol. The molecule has 0 atom stereocenters. The summed E-state index contributed by atoms with van der Waals surface area (Å²) >= 11 is 0. The first-order valence-electron chi connectivity index (χ1n) is 6.40. The highest BCUT2D eigenvalue weighted by molar-refractivity contribution is 5.38. The molecule has 0 saturated carbocycles. The molecule has 0 aliphatic rings. The molecule has 3 heterocycles. The van der Waals surface area contributed by atoms with Gasteiger partial charge in [-0.3, -0.25) is 4.98 Å². The van der Waals surface area contributed by atoms with Crippen molar-refractivity contribution in [1.82, 2.24) is 24.9 Å². The van der Waals surface area contributed by atoms with Crippen LogP contribution in [0.2, 0.25) is 0 Å². The minimum Gasteiger partial charge on any atom is -0.390 e. The summed E-state index contributed by atoms with van der Waals surface area (Å²) in [5, 5.41) is 16.8. The van der Waals surface area contributed by atoms with Gasteiger partial charge in [0.25, 0.3) is 0 Å². The first-order valence-corrected chi connectivity index (χ1v) is 6.40. The first-order chi connectivity index (χ1) is 9.86. The molecule has 0 saturated heterocycles. The van der Waals surface area contributed by atoms with Gasteiger partial charge in [-0.15, -0.1) is 0 Å². The van der Waals surface area contributed by atoms with Crippen molar-refractivity contribution >= 4 is 5.65 Å². The first kappa shape index (κ1) is 12.7. The number of aliphatic hydroxyl groups is 1. The SMILES string of the molecule is OCc1cc(CNCc2cccnc2)n2nccc2n1. The number of aromatic nitrogens is 4. The van der Waals surface area contributed by atoms with Crippen LogP contribution >= 0.6 is 0 Å². The van der Waals surface area contributed by atoms with E-state index in [0.717, 1.165) is 23.4 Å². The normalized spacial score (nSPS) is 11.1. The molecule has 0 aliphatic carbocycles. The van der Waals surface area contributed by atoms with Gasteiger partial charge in [-0.1, -0.05) is 6.07 Å². The van der Waals surface area contributed by atoms with Crippen LogP contribution in [-0.4, -0.2) is 24.7 Å². The maximum atomic E-state index is 9.24. The third-order valence-electron chi connectivity index (χ3n) is 3.01. The highest BCUT2D eigenvalue weighted by atomic mass is 16.3. The summed E-state index contributed by atoms with van der Waals surface area (Å²) in [6.07, 6.45) is 5.30. The summed E-state index contributed by atoms with van der Waals surface area (Å²) in [5.74, 6) is 0. The van der Waals surface area contributed by atoms with Gasteiger partial charge in [0.15, 0.2) is 5.65 Å². The van der Waals surface area contributed by atoms with Crippen LogP contribution in [0.4, 0.5) is 0 Å². The topological polar surface area (TPSA) is 75.3 Å². The number of pyridine rings is 1. The molecular weight excluding hydrogens is 254 g/mol. The summed E-state index contributed by atoms with van der Waals surface area (Å²) in [7, 11) is 0. The number of hydrogen-bond acceptors (Lipinski definition) is 5. The van der Waals surface area contributed by atoms with Gasteiger partial charge in [-0.05, 0) is 17.7 Å². The lowest BCUT2D eigenvalue weighted by atomic mass is 10.2. The highest BCUT2D eigenvalue weighted by Crippen LogP contribution is 2.08. The Balaban J connectivity index is 1.75. The van der Waals surface area contributed by atoms with E-state index in [1.54, 1.807) is 16.9 Å². The lowest BCUT2D eigenvalue weighted by Gasteiger charge is -2.08. The third kappa shape index (κ3) is 2.66. The smallest absolute Gasteiger partial charge is 0.155 e. The molecule has 3 aromatic rings. The quantitative estimate of drug-likeness (QED) is 0.720. The van der Waals surface area contributed by atoms with E-state index in [1.165, 1.54) is 0 Å². The molecule has 2 N–H and O–H groups in total. The van der Waals surface area contributed by atoms with Crippen LogP contribution in [0.5, 0.6) is 0 Å². The average Bonchev–Trinajstić information content (AvgIpc) is 2.96. The predicted molar refractivity (Wildman–Crippen MR) is 73.7 cm³/mol. The zero-order chi connectivity index (χ0) is 13.8. The van der Waals surface area contributed by atoms with Crippen LogP contribution in [0.1, 0.15) is 17.0 Å². The standard InChI is InChI=1S/C14H15N5O/c20-10-12-6-13(19-14(18-12)3-5-17-19)9-16-8-11-2-1-4-15-7-11/h1-7,16,20H,8-10H2. The summed E-state index contributed by atoms with van der Waals surface area (Å²) < 4.78 is 1.77. The number of aliphatic hydroxyl groups excluding tert-OH is 1. The Morgan fingerprint density at radius 3 is 2.95 bits per heavy atom. The van der Waals surface area contributed by atoms with Gasteiger partial charge in [-0.25, -0.2) is 9.50 Å². The van der Waals surface area contributed by atoms with Crippen molar-refractivity contribution in [3.05, 3.63) is 59.8 Å². The van der Waals surface area contributed by atoms with Gasteiger partial charge >= 0.3 is 0 Å². The lowest BCUT2D eigenvalue weighted by molar-refractivity contribution is 0.276. The molecule has 6 heteroatoms. The molecule has 0 bridgehead atoms. The lowest BCUT2D eigenvalue weighted by Crippen LogP contribution is -2.16. The van der Waals surface area contributed by atoms with E-state index >= 15 is 0 Å². The molecule has 0 aromatic carbocycles. The second kappa shape index (κ2) is 5.77. The summed E-state index contributed by atoms with van der Waals surface area (Å²) in [6.45, 7) is 1.30. The highest BCUT2D eigenvalue weighted by Gasteiger charge is 2.05. The van der Waals surface area contributed by atoms with Crippen molar-refractivity contribution in [2.45, 2.75) is 19.7 Å². The Hall–Kier alpha value is -2.31. The molecular formula is C14H15N5O. The number of hydrogen-bond donors (Lipinski definition) is 2. The van der Waals surface area contributed by atoms with E-state index in [2.05, 4.69) is 20.4 Å². The molecule has 0 unspecified atom stereocenters. The molecule has 3 aromatic heterocycles. The van der Waals surface area contributed by atoms with E-state index in [1.807, 2.05) is 30.5 Å². The van der Waals surface area contributed by atoms with Crippen LogP contribution in [-0.2, 0) is 19.7 Å². The van der Waals surface area contributed by atoms with Crippen molar-refractivity contribution in [2.75, 3.05) is 0 Å². The van der Waals surface area contributed by atoms with Gasteiger partial charge in [0, 0.05) is 31.5 Å². The van der Waals surface area contributed by atoms with Crippen molar-refractivity contribution in [2.24, 2.45) is 0 Å². The summed E-state index contributed by atoms with van der Waals surface area (Å²) in [4.78, 5) is 8.37. The molecule has 20 heavy (non-hydrogen) atoms. The second-order valence-corrected chi connectivity index (χ2v) is 4.46. The average molecular weight is 269 g/mol. The van der Waals surface area contributed by atoms with Crippen molar-refractivity contribution in [1.29, 1.82) is 0 Å². The molecule has 0 amide bonds. The van der Waals surface area contributed by atoms with E-state index in [9.17, 15) is 5.11 Å². The Bertz CT molecular complexity index is 695. The van der Waals surface area contributed by atoms with Crippen molar-refractivity contribution < 1.29 is 5.11 Å². The van der Waals surface area contributed by atoms with Crippen molar-refractivity contribution in [3.8, 4) is 0 Å². The van der Waals surface area contributed by atoms with Crippen LogP contribution < -0.4 is 5.32 Å². The van der Waals surface area contributed by atoms with Crippen LogP contribution in [0.15, 0.2) is 42.9 Å². The zero-order valence-corrected chi connectivity index (χ0v) is 10.9. The third-order valence-corrected chi connectivity index (χ3v) is 3.01. The molecule has 3 rings (SSSR count). The predicted octanol–water partition coefficient (Wildman–Crippen LogP) is 0.906. The van der Waals surface area contributed by atoms with E-state index in [4.69, 9.17) is 0 Å². The van der Waals surface area contributed by atoms with Crippen LogP contribution in [0.25, 0.3) is 5.65 Å². The van der Waals surface area contributed by atoms with Gasteiger partial charge in [0.2, 0.25) is 0 Å². The Labute approximate surface area is 116 Å². The minimum atomic E-state index is -0.0721. The minimum absolute atomic E-state index is 0.0721. The fraction of sp³-hybridized carbons (Fsp3) is 0.214. The fourth-order valence-electron chi connectivity index (χ4n) is 2.08. The van der Waals surface area contributed by atoms with E-state index in [-0.39, 0.29) is 6.61 Å². The van der Waals surface area contributed by atoms with Gasteiger partial charge in [-0.2, -0.15) is 5.10 Å². The van der Waals surface area contributed by atoms with Crippen LogP contribution in [0, 0.1) is 0 Å². The number of nitrogens with one attached hydrogen (secondary N) is 1. The zero-order valence-electron chi connectivity index (χ0n) is 10.9. The van der Waals surface area contributed by atoms with E-state index < -0.39 is 0 Å². The molecule has 0 radical (unpaired) electrons. The van der Waals surface area contributed by atoms with Gasteiger partial charge in [0.05, 0.1) is 24.2 Å². The van der Waals surface area contributed by atoms with Gasteiger partial charge in [0.1, 0.15) is 0 Å². The largest absolute Gasteiger partial charge is 0.390 e. The molecule has 0 aliphatic heterocycles. The maximum absolute atomic E-state index is 9.24. The van der Waals surface area contributed by atoms with Crippen molar-refractivity contribution in [3.63, 3.8) is 0 Å². The van der Waals surface area contributed by atoms with Crippen LogP contribution in [0.3, 0.4) is 0 Å². The number of rotatable bonds is 5. The summed E-state index contributed by atoms with van der Waals surface area (Å²) in [6, 6.07) is 7.62. The number of nitrogens with zero attached hydrogens (tertiary/aromatic N) is 4. The Morgan fingerprint density at radius 1 is 1.20 bits per heavy atom. The maximum Gasteiger partial charge on any atom is 0.155 e. The van der Waals surface area contributed by atoms with Gasteiger partial charge < -0.3 is 10.4 Å². The second-order valence-electron chi connectivity index (χ2n) is 4.46. The number of fused-ring (bicyclic) bond motifs is 1. The molecule has 6 nitrogen and oxygen atoms in total. The summed E-state index contributed by atoms with van der Waals surface area (Å²) in [5.41, 5.74) is 3.49. The Kier molecular flexibility index (Phi) is 3.67. The molecule has 0 fully saturated rings. The Morgan fingerprint density at radius 2 is 2.15 bits per heavy atom. The molecule has 102 valence electrons.